The Morgan fingerprint density at radius 1 is 1.11 bits per heavy atom. The van der Waals surface area contributed by atoms with E-state index in [2.05, 4.69) is 38.4 Å². The van der Waals surface area contributed by atoms with E-state index in [1.165, 1.54) is 5.56 Å². The Labute approximate surface area is 216 Å². The number of hydrogen-bond acceptors (Lipinski definition) is 7. The van der Waals surface area contributed by atoms with Crippen molar-refractivity contribution in [1.82, 2.24) is 25.5 Å². The first-order chi connectivity index (χ1) is 18.0. The van der Waals surface area contributed by atoms with Gasteiger partial charge in [-0.05, 0) is 81.6 Å². The predicted octanol–water partition coefficient (Wildman–Crippen LogP) is 2.28. The topological polar surface area (TPSA) is 159 Å². The Bertz CT molecular complexity index is 1200. The first-order valence-electron chi connectivity index (χ1n) is 13.3. The number of fused-ring (bicyclic) bond motifs is 2. The van der Waals surface area contributed by atoms with Crippen LogP contribution in [-0.2, 0) is 4.79 Å². The lowest BCUT2D eigenvalue weighted by Gasteiger charge is -2.30. The van der Waals surface area contributed by atoms with Gasteiger partial charge in [0.2, 0.25) is 5.91 Å². The first-order valence-corrected chi connectivity index (χ1v) is 13.3. The molecular weight excluding hydrogens is 472 g/mol. The minimum atomic E-state index is -0.307. The second-order valence-electron chi connectivity index (χ2n) is 10.1. The highest BCUT2D eigenvalue weighted by Crippen LogP contribution is 2.43. The summed E-state index contributed by atoms with van der Waals surface area (Å²) >= 11 is 0. The molecule has 0 atom stereocenters. The summed E-state index contributed by atoms with van der Waals surface area (Å²) in [6, 6.07) is 6.24. The highest BCUT2D eigenvalue weighted by Gasteiger charge is 2.29. The molecule has 3 heterocycles. The van der Waals surface area contributed by atoms with Gasteiger partial charge in [-0.25, -0.2) is 4.79 Å². The average Bonchev–Trinajstić information content (AvgIpc) is 2.91. The van der Waals surface area contributed by atoms with E-state index in [4.69, 9.17) is 15.9 Å². The highest BCUT2D eigenvalue weighted by atomic mass is 16.5. The lowest BCUT2D eigenvalue weighted by molar-refractivity contribution is -0.126. The predicted molar refractivity (Wildman–Crippen MR) is 142 cm³/mol. The van der Waals surface area contributed by atoms with Crippen LogP contribution in [0.1, 0.15) is 62.5 Å². The Kier molecular flexibility index (Phi) is 7.59. The van der Waals surface area contributed by atoms with E-state index < -0.39 is 0 Å². The summed E-state index contributed by atoms with van der Waals surface area (Å²) in [5, 5.41) is 19.5. The van der Waals surface area contributed by atoms with Crippen molar-refractivity contribution in [1.29, 1.82) is 5.41 Å². The molecule has 2 fully saturated rings. The molecule has 1 amide bonds. The minimum absolute atomic E-state index is 0.0126. The van der Waals surface area contributed by atoms with Gasteiger partial charge in [0.05, 0.1) is 11.9 Å². The van der Waals surface area contributed by atoms with E-state index in [-0.39, 0.29) is 29.5 Å². The van der Waals surface area contributed by atoms with Gasteiger partial charge >= 0.3 is 5.69 Å². The Morgan fingerprint density at radius 3 is 2.62 bits per heavy atom. The number of carbonyl (C=O) groups is 1. The van der Waals surface area contributed by atoms with Crippen LogP contribution in [0.5, 0.6) is 11.5 Å². The van der Waals surface area contributed by atoms with Crippen LogP contribution in [0.2, 0.25) is 0 Å². The fraction of sp³-hybridized carbons (Fsp3) is 0.538. The van der Waals surface area contributed by atoms with Crippen molar-refractivity contribution >= 4 is 23.4 Å². The molecule has 11 heteroatoms. The Balaban J connectivity index is 1.18. The van der Waals surface area contributed by atoms with Gasteiger partial charge in [-0.15, -0.1) is 0 Å². The van der Waals surface area contributed by atoms with Crippen molar-refractivity contribution in [2.24, 2.45) is 11.7 Å². The number of guanidine groups is 1. The number of nitrogens with one attached hydrogen (secondary N) is 5. The molecule has 1 aromatic heterocycles. The fourth-order valence-electron chi connectivity index (χ4n) is 5.55. The number of carbonyl (C=O) groups excluding carboxylic acids is 1. The van der Waals surface area contributed by atoms with Crippen molar-refractivity contribution in [3.63, 3.8) is 0 Å². The molecule has 2 aromatic rings. The van der Waals surface area contributed by atoms with Gasteiger partial charge in [-0.1, -0.05) is 6.07 Å². The van der Waals surface area contributed by atoms with Crippen molar-refractivity contribution in [2.75, 3.05) is 31.5 Å². The summed E-state index contributed by atoms with van der Waals surface area (Å²) < 4.78 is 7.82. The molecule has 7 N–H and O–H groups in total. The van der Waals surface area contributed by atoms with Crippen LogP contribution in [0.25, 0.3) is 0 Å². The van der Waals surface area contributed by atoms with E-state index in [0.29, 0.717) is 49.8 Å². The van der Waals surface area contributed by atoms with Crippen molar-refractivity contribution in [3.05, 3.63) is 40.4 Å². The van der Waals surface area contributed by atoms with Crippen LogP contribution in [0.15, 0.2) is 29.2 Å². The molecule has 0 bridgehead atoms. The van der Waals surface area contributed by atoms with E-state index in [0.717, 1.165) is 50.2 Å². The monoisotopic (exact) mass is 508 g/mol. The van der Waals surface area contributed by atoms with Gasteiger partial charge in [-0.3, -0.25) is 14.8 Å². The number of nitrogens with zero attached hydrogens (tertiary/aromatic N) is 2. The fourth-order valence-corrected chi connectivity index (χ4v) is 5.55. The van der Waals surface area contributed by atoms with Crippen LogP contribution in [0.4, 0.5) is 11.5 Å². The smallest absolute Gasteiger partial charge is 0.350 e. The van der Waals surface area contributed by atoms with Crippen molar-refractivity contribution in [2.45, 2.75) is 56.9 Å². The third-order valence-corrected chi connectivity index (χ3v) is 7.63. The molecule has 1 saturated heterocycles. The lowest BCUT2D eigenvalue weighted by Crippen LogP contribution is -2.37. The lowest BCUT2D eigenvalue weighted by atomic mass is 9.85. The van der Waals surface area contributed by atoms with Gasteiger partial charge in [0.15, 0.2) is 23.3 Å². The number of aromatic nitrogens is 2. The molecule has 37 heavy (non-hydrogen) atoms. The van der Waals surface area contributed by atoms with Crippen LogP contribution in [-0.4, -0.2) is 47.6 Å². The molecule has 1 aromatic carbocycles. The minimum Gasteiger partial charge on any atom is -0.450 e. The molecule has 0 spiro atoms. The number of amides is 1. The molecule has 5 rings (SSSR count). The number of benzene rings is 1. The number of nitrogens with two attached hydrogens (primary N) is 1. The van der Waals surface area contributed by atoms with Crippen LogP contribution in [0, 0.1) is 11.3 Å². The van der Waals surface area contributed by atoms with Gasteiger partial charge in [-0.2, -0.15) is 4.98 Å². The molecule has 0 radical (unpaired) electrons. The van der Waals surface area contributed by atoms with Crippen molar-refractivity contribution in [3.8, 4) is 11.5 Å². The van der Waals surface area contributed by atoms with Gasteiger partial charge in [0.1, 0.15) is 0 Å². The summed E-state index contributed by atoms with van der Waals surface area (Å²) in [7, 11) is 0. The zero-order chi connectivity index (χ0) is 25.8. The van der Waals surface area contributed by atoms with E-state index in [9.17, 15) is 9.59 Å². The molecule has 1 saturated carbocycles. The Morgan fingerprint density at radius 2 is 1.86 bits per heavy atom. The number of piperidine rings is 1. The molecule has 1 aliphatic carbocycles. The second-order valence-corrected chi connectivity index (χ2v) is 10.1. The quantitative estimate of drug-likeness (QED) is 0.161. The third-order valence-electron chi connectivity index (χ3n) is 7.63. The zero-order valence-corrected chi connectivity index (χ0v) is 21.0. The van der Waals surface area contributed by atoms with Crippen LogP contribution >= 0.6 is 0 Å². The van der Waals surface area contributed by atoms with Gasteiger partial charge in [0.25, 0.3) is 0 Å². The van der Waals surface area contributed by atoms with E-state index >= 15 is 0 Å². The SMILES string of the molecule is N=C(N)NCCCNC(=O)[C@H]1CC[C@H](n2cc3c(nc2=O)Nc2cc(C4CCNCC4)ccc2O3)CC1. The second kappa shape index (κ2) is 11.2. The highest BCUT2D eigenvalue weighted by molar-refractivity contribution is 5.78. The summed E-state index contributed by atoms with van der Waals surface area (Å²) in [4.78, 5) is 29.8. The number of rotatable bonds is 7. The van der Waals surface area contributed by atoms with E-state index in [1.54, 1.807) is 10.8 Å². The molecular formula is C26H36N8O3. The Hall–Kier alpha value is -3.60. The normalized spacial score (nSPS) is 21.1. The first kappa shape index (κ1) is 25.1. The standard InChI is InChI=1S/C26H36N8O3/c27-25(28)31-11-1-10-30-24(35)17-2-5-19(6-3-17)34-15-22-23(33-26(34)36)32-20-14-18(4-7-21(20)37-22)16-8-12-29-13-9-16/h4,7,14-17,19,29H,1-3,5-6,8-13H2,(H,30,35)(H4,27,28,31)(H,32,33,36)/t17-,19-. The van der Waals surface area contributed by atoms with Gasteiger partial charge in [0, 0.05) is 25.0 Å². The number of ether oxygens (including phenoxy) is 1. The largest absolute Gasteiger partial charge is 0.450 e. The molecule has 11 nitrogen and oxygen atoms in total. The van der Waals surface area contributed by atoms with Crippen LogP contribution < -0.4 is 37.4 Å². The number of hydrogen-bond donors (Lipinski definition) is 6. The van der Waals surface area contributed by atoms with Gasteiger partial charge < -0.3 is 31.7 Å². The summed E-state index contributed by atoms with van der Waals surface area (Å²) in [5.41, 5.74) is 7.07. The van der Waals surface area contributed by atoms with E-state index in [1.807, 2.05) is 6.07 Å². The molecule has 2 aliphatic heterocycles. The third kappa shape index (κ3) is 5.87. The summed E-state index contributed by atoms with van der Waals surface area (Å²) in [6.07, 6.45) is 7.58. The average molecular weight is 509 g/mol. The maximum atomic E-state index is 12.9. The molecule has 3 aliphatic rings. The number of anilines is 2. The zero-order valence-electron chi connectivity index (χ0n) is 21.0. The van der Waals surface area contributed by atoms with Crippen LogP contribution in [0.3, 0.4) is 0 Å². The molecule has 0 unspecified atom stereocenters. The summed E-state index contributed by atoms with van der Waals surface area (Å²) in [6.45, 7) is 3.15. The summed E-state index contributed by atoms with van der Waals surface area (Å²) in [5.74, 6) is 2.17. The maximum Gasteiger partial charge on any atom is 0.350 e. The maximum absolute atomic E-state index is 12.9. The van der Waals surface area contributed by atoms with Crippen molar-refractivity contribution < 1.29 is 9.53 Å². The molecule has 198 valence electrons.